The smallest absolute Gasteiger partial charge is 0.188 e. The van der Waals surface area contributed by atoms with Crippen molar-refractivity contribution in [2.45, 2.75) is 39.7 Å². The molecule has 0 spiro atoms. The normalized spacial score (nSPS) is 12.4. The molecule has 1 rings (SSSR count). The zero-order chi connectivity index (χ0) is 12.0. The van der Waals surface area contributed by atoms with Gasteiger partial charge in [-0.2, -0.15) is 0 Å². The minimum absolute atomic E-state index is 0.0617. The molecule has 2 nitrogen and oxygen atoms in total. The van der Waals surface area contributed by atoms with E-state index in [4.69, 9.17) is 4.74 Å². The molecular formula is C14H20O2. The van der Waals surface area contributed by atoms with Gasteiger partial charge in [0.1, 0.15) is 6.61 Å². The summed E-state index contributed by atoms with van der Waals surface area (Å²) in [6.07, 6.45) is 2.25. The van der Waals surface area contributed by atoms with Crippen LogP contribution in [-0.2, 0) is 4.74 Å². The Balaban J connectivity index is 2.47. The first-order valence-corrected chi connectivity index (χ1v) is 5.85. The van der Waals surface area contributed by atoms with Gasteiger partial charge in [0, 0.05) is 5.56 Å². The highest BCUT2D eigenvalue weighted by Gasteiger charge is 2.08. The van der Waals surface area contributed by atoms with Crippen molar-refractivity contribution in [3.63, 3.8) is 0 Å². The van der Waals surface area contributed by atoms with Crippen LogP contribution in [0.4, 0.5) is 0 Å². The fourth-order valence-corrected chi connectivity index (χ4v) is 1.61. The first-order valence-electron chi connectivity index (χ1n) is 5.85. The van der Waals surface area contributed by atoms with Crippen LogP contribution in [0.2, 0.25) is 0 Å². The highest BCUT2D eigenvalue weighted by atomic mass is 16.5. The van der Waals surface area contributed by atoms with E-state index < -0.39 is 0 Å². The summed E-state index contributed by atoms with van der Waals surface area (Å²) >= 11 is 0. The Kier molecular flexibility index (Phi) is 5.20. The molecule has 1 unspecified atom stereocenters. The summed E-state index contributed by atoms with van der Waals surface area (Å²) in [7, 11) is 0. The Morgan fingerprint density at radius 1 is 1.44 bits per heavy atom. The van der Waals surface area contributed by atoms with Crippen LogP contribution >= 0.6 is 0 Å². The van der Waals surface area contributed by atoms with Crippen LogP contribution in [0, 0.1) is 6.92 Å². The van der Waals surface area contributed by atoms with E-state index in [9.17, 15) is 4.79 Å². The van der Waals surface area contributed by atoms with Crippen LogP contribution in [0.1, 0.15) is 42.6 Å². The van der Waals surface area contributed by atoms with Gasteiger partial charge in [-0.15, -0.1) is 0 Å². The molecule has 2 heteroatoms. The maximum Gasteiger partial charge on any atom is 0.188 e. The van der Waals surface area contributed by atoms with Gasteiger partial charge in [-0.1, -0.05) is 37.1 Å². The van der Waals surface area contributed by atoms with Crippen molar-refractivity contribution in [2.24, 2.45) is 0 Å². The molecule has 0 aliphatic carbocycles. The van der Waals surface area contributed by atoms with Crippen molar-refractivity contribution >= 4 is 5.78 Å². The monoisotopic (exact) mass is 220 g/mol. The summed E-state index contributed by atoms with van der Waals surface area (Å²) < 4.78 is 5.49. The lowest BCUT2D eigenvalue weighted by atomic mass is 10.1. The maximum absolute atomic E-state index is 11.8. The Morgan fingerprint density at radius 2 is 2.19 bits per heavy atom. The van der Waals surface area contributed by atoms with Gasteiger partial charge < -0.3 is 4.74 Å². The lowest BCUT2D eigenvalue weighted by Gasteiger charge is -2.11. The molecule has 0 saturated heterocycles. The first kappa shape index (κ1) is 12.9. The second kappa shape index (κ2) is 6.44. The Bertz CT molecular complexity index is 344. The molecular weight excluding hydrogens is 200 g/mol. The zero-order valence-corrected chi connectivity index (χ0v) is 10.3. The number of ketones is 1. The summed E-state index contributed by atoms with van der Waals surface area (Å²) in [6.45, 7) is 6.29. The average molecular weight is 220 g/mol. The first-order chi connectivity index (χ1) is 7.63. The number of Topliss-reactive ketones (excluding diaryl/α,β-unsaturated/α-hetero) is 1. The topological polar surface area (TPSA) is 26.3 Å². The molecule has 88 valence electrons. The predicted octanol–water partition coefficient (Wildman–Crippen LogP) is 3.38. The molecule has 0 N–H and O–H groups in total. The number of aryl methyl sites for hydroxylation is 1. The predicted molar refractivity (Wildman–Crippen MR) is 65.8 cm³/mol. The Hall–Kier alpha value is -1.15. The van der Waals surface area contributed by atoms with E-state index in [2.05, 4.69) is 6.92 Å². The van der Waals surface area contributed by atoms with Crippen LogP contribution in [0.15, 0.2) is 24.3 Å². The Morgan fingerprint density at radius 3 is 2.81 bits per heavy atom. The number of carbonyl (C=O) groups excluding carboxylic acids is 1. The van der Waals surface area contributed by atoms with Crippen LogP contribution in [-0.4, -0.2) is 18.5 Å². The van der Waals surface area contributed by atoms with Gasteiger partial charge in [0.15, 0.2) is 5.78 Å². The summed E-state index contributed by atoms with van der Waals surface area (Å²) in [4.78, 5) is 11.8. The van der Waals surface area contributed by atoms with Crippen molar-refractivity contribution in [2.75, 3.05) is 6.61 Å². The van der Waals surface area contributed by atoms with Gasteiger partial charge >= 0.3 is 0 Å². The van der Waals surface area contributed by atoms with E-state index in [-0.39, 0.29) is 18.5 Å². The van der Waals surface area contributed by atoms with Crippen molar-refractivity contribution in [3.8, 4) is 0 Å². The molecule has 1 atom stereocenters. The number of carbonyl (C=O) groups is 1. The van der Waals surface area contributed by atoms with Gasteiger partial charge in [-0.3, -0.25) is 4.79 Å². The lowest BCUT2D eigenvalue weighted by molar-refractivity contribution is 0.0490. The third-order valence-corrected chi connectivity index (χ3v) is 2.53. The minimum Gasteiger partial charge on any atom is -0.370 e. The quantitative estimate of drug-likeness (QED) is 0.687. The van der Waals surface area contributed by atoms with Crippen molar-refractivity contribution in [3.05, 3.63) is 35.4 Å². The van der Waals surface area contributed by atoms with Gasteiger partial charge in [-0.05, 0) is 26.3 Å². The highest BCUT2D eigenvalue weighted by Crippen LogP contribution is 2.07. The van der Waals surface area contributed by atoms with Gasteiger partial charge in [0.05, 0.1) is 6.10 Å². The average Bonchev–Trinajstić information content (AvgIpc) is 2.26. The SMILES string of the molecule is CCCC(C)OCC(=O)c1cccc(C)c1. The van der Waals surface area contributed by atoms with E-state index in [1.54, 1.807) is 0 Å². The molecule has 1 aromatic rings. The number of ether oxygens (including phenoxy) is 1. The summed E-state index contributed by atoms with van der Waals surface area (Å²) in [6, 6.07) is 7.62. The molecule has 0 heterocycles. The molecule has 0 radical (unpaired) electrons. The molecule has 0 bridgehead atoms. The van der Waals surface area contributed by atoms with Gasteiger partial charge in [0.25, 0.3) is 0 Å². The maximum atomic E-state index is 11.8. The fraction of sp³-hybridized carbons (Fsp3) is 0.500. The molecule has 0 amide bonds. The van der Waals surface area contributed by atoms with Crippen LogP contribution in [0.25, 0.3) is 0 Å². The molecule has 0 saturated carbocycles. The van der Waals surface area contributed by atoms with E-state index in [1.165, 1.54) is 0 Å². The second-order valence-electron chi connectivity index (χ2n) is 4.20. The second-order valence-corrected chi connectivity index (χ2v) is 4.20. The van der Waals surface area contributed by atoms with E-state index >= 15 is 0 Å². The number of hydrogen-bond donors (Lipinski definition) is 0. The van der Waals surface area contributed by atoms with Crippen LogP contribution in [0.5, 0.6) is 0 Å². The van der Waals surface area contributed by atoms with Gasteiger partial charge in [-0.25, -0.2) is 0 Å². The van der Waals surface area contributed by atoms with Crippen molar-refractivity contribution < 1.29 is 9.53 Å². The minimum atomic E-state index is 0.0617. The summed E-state index contributed by atoms with van der Waals surface area (Å²) in [5, 5.41) is 0. The lowest BCUT2D eigenvalue weighted by Crippen LogP contribution is -2.15. The molecule has 0 aliphatic heterocycles. The van der Waals surface area contributed by atoms with Crippen LogP contribution in [0.3, 0.4) is 0 Å². The van der Waals surface area contributed by atoms with Crippen molar-refractivity contribution in [1.29, 1.82) is 0 Å². The van der Waals surface area contributed by atoms with E-state index in [0.717, 1.165) is 24.0 Å². The third kappa shape index (κ3) is 4.15. The largest absolute Gasteiger partial charge is 0.370 e. The summed E-state index contributed by atoms with van der Waals surface area (Å²) in [5.41, 5.74) is 1.84. The third-order valence-electron chi connectivity index (χ3n) is 2.53. The number of hydrogen-bond acceptors (Lipinski definition) is 2. The van der Waals surface area contributed by atoms with E-state index in [1.807, 2.05) is 38.1 Å². The fourth-order valence-electron chi connectivity index (χ4n) is 1.61. The standard InChI is InChI=1S/C14H20O2/c1-4-6-12(3)16-10-14(15)13-8-5-7-11(2)9-13/h5,7-9,12H,4,6,10H2,1-3H3. The van der Waals surface area contributed by atoms with Crippen LogP contribution < -0.4 is 0 Å². The van der Waals surface area contributed by atoms with E-state index in [0.29, 0.717) is 0 Å². The molecule has 0 aromatic heterocycles. The number of benzene rings is 1. The summed E-state index contributed by atoms with van der Waals surface area (Å²) in [5.74, 6) is 0.0617. The van der Waals surface area contributed by atoms with Crippen molar-refractivity contribution in [1.82, 2.24) is 0 Å². The highest BCUT2D eigenvalue weighted by molar-refractivity contribution is 5.97. The molecule has 0 aliphatic rings. The zero-order valence-electron chi connectivity index (χ0n) is 10.3. The molecule has 1 aromatic carbocycles. The molecule has 0 fully saturated rings. The molecule has 16 heavy (non-hydrogen) atoms. The van der Waals surface area contributed by atoms with Gasteiger partial charge in [0.2, 0.25) is 0 Å². The Labute approximate surface area is 97.6 Å². The number of rotatable bonds is 6.